The third kappa shape index (κ3) is 2.45. The highest BCUT2D eigenvalue weighted by molar-refractivity contribution is 6.20. The first-order chi connectivity index (χ1) is 9.48. The van der Waals surface area contributed by atoms with E-state index in [1.165, 1.54) is 5.56 Å². The van der Waals surface area contributed by atoms with Crippen molar-refractivity contribution in [2.75, 3.05) is 6.61 Å². The Morgan fingerprint density at radius 3 is 2.95 bits per heavy atom. The largest absolute Gasteiger partial charge is 0.373 e. The summed E-state index contributed by atoms with van der Waals surface area (Å²) >= 11 is 6.33. The Labute approximate surface area is 124 Å². The Balaban J connectivity index is 2.09. The van der Waals surface area contributed by atoms with Crippen molar-refractivity contribution < 1.29 is 4.74 Å². The summed E-state index contributed by atoms with van der Waals surface area (Å²) in [5.74, 6) is 0.934. The predicted octanol–water partition coefficient (Wildman–Crippen LogP) is 4.21. The second-order valence-corrected chi connectivity index (χ2v) is 6.72. The third-order valence-corrected chi connectivity index (χ3v) is 4.28. The van der Waals surface area contributed by atoms with E-state index >= 15 is 0 Å². The summed E-state index contributed by atoms with van der Waals surface area (Å²) < 4.78 is 8.16. The van der Waals surface area contributed by atoms with Gasteiger partial charge < -0.3 is 9.30 Å². The molecule has 2 aromatic rings. The van der Waals surface area contributed by atoms with Crippen molar-refractivity contribution in [2.24, 2.45) is 0 Å². The molecule has 20 heavy (non-hydrogen) atoms. The molecule has 2 unspecified atom stereocenters. The molecule has 0 saturated carbocycles. The molecule has 0 radical (unpaired) electrons. The smallest absolute Gasteiger partial charge is 0.127 e. The summed E-state index contributed by atoms with van der Waals surface area (Å²) in [6.45, 7) is 7.92. The number of hydrogen-bond donors (Lipinski definition) is 0. The molecule has 0 aliphatic carbocycles. The lowest BCUT2D eigenvalue weighted by Crippen LogP contribution is -2.30. The Bertz CT molecular complexity index is 627. The summed E-state index contributed by atoms with van der Waals surface area (Å²) in [6, 6.07) is 6.38. The highest BCUT2D eigenvalue weighted by Crippen LogP contribution is 2.32. The van der Waals surface area contributed by atoms with Crippen LogP contribution >= 0.6 is 11.6 Å². The lowest BCUT2D eigenvalue weighted by Gasteiger charge is -2.25. The van der Waals surface area contributed by atoms with Gasteiger partial charge in [-0.3, -0.25) is 0 Å². The Morgan fingerprint density at radius 1 is 1.50 bits per heavy atom. The number of imidazole rings is 1. The normalized spacial score (nSPS) is 24.4. The van der Waals surface area contributed by atoms with E-state index in [9.17, 15) is 0 Å². The van der Waals surface area contributed by atoms with Gasteiger partial charge >= 0.3 is 0 Å². The standard InChI is InChI=1S/C16H21ClN2O/c1-11-5-6-14-13(9-11)18-15(12(2)17)19(14)10-16(3)7-4-8-20-16/h5-6,9,12H,4,7-8,10H2,1-3H3. The number of benzene rings is 1. The van der Waals surface area contributed by atoms with Crippen LogP contribution in [0.5, 0.6) is 0 Å². The quantitative estimate of drug-likeness (QED) is 0.792. The fourth-order valence-corrected chi connectivity index (χ4v) is 3.19. The molecule has 0 amide bonds. The molecule has 0 spiro atoms. The van der Waals surface area contributed by atoms with Crippen molar-refractivity contribution in [1.82, 2.24) is 9.55 Å². The molecule has 1 aliphatic heterocycles. The van der Waals surface area contributed by atoms with Crippen LogP contribution < -0.4 is 0 Å². The number of aromatic nitrogens is 2. The molecule has 1 saturated heterocycles. The maximum atomic E-state index is 6.33. The molecule has 2 atom stereocenters. The van der Waals surface area contributed by atoms with Crippen LogP contribution in [0.3, 0.4) is 0 Å². The molecule has 1 aromatic heterocycles. The van der Waals surface area contributed by atoms with Gasteiger partial charge in [0.1, 0.15) is 5.82 Å². The van der Waals surface area contributed by atoms with Crippen molar-refractivity contribution in [3.05, 3.63) is 29.6 Å². The van der Waals surface area contributed by atoms with Gasteiger partial charge in [-0.1, -0.05) is 6.07 Å². The molecule has 1 fully saturated rings. The van der Waals surface area contributed by atoms with E-state index in [1.807, 2.05) is 6.92 Å². The van der Waals surface area contributed by atoms with Gasteiger partial charge in [0.15, 0.2) is 0 Å². The SMILES string of the molecule is Cc1ccc2c(c1)nc(C(C)Cl)n2CC1(C)CCCO1. The third-order valence-electron chi connectivity index (χ3n) is 4.08. The minimum Gasteiger partial charge on any atom is -0.373 e. The maximum Gasteiger partial charge on any atom is 0.127 e. The van der Waals surface area contributed by atoms with Gasteiger partial charge in [0.05, 0.1) is 28.6 Å². The fraction of sp³-hybridized carbons (Fsp3) is 0.562. The summed E-state index contributed by atoms with van der Waals surface area (Å²) in [6.07, 6.45) is 2.22. The van der Waals surface area contributed by atoms with Gasteiger partial charge in [0.25, 0.3) is 0 Å². The zero-order valence-electron chi connectivity index (χ0n) is 12.3. The molecular weight excluding hydrogens is 272 g/mol. The van der Waals surface area contributed by atoms with Crippen molar-refractivity contribution in [2.45, 2.75) is 51.1 Å². The van der Waals surface area contributed by atoms with Gasteiger partial charge in [-0.2, -0.15) is 0 Å². The first kappa shape index (κ1) is 13.9. The molecule has 3 nitrogen and oxygen atoms in total. The van der Waals surface area contributed by atoms with Crippen LogP contribution in [-0.4, -0.2) is 21.8 Å². The molecule has 3 rings (SSSR count). The van der Waals surface area contributed by atoms with Crippen LogP contribution in [0.25, 0.3) is 11.0 Å². The Hall–Kier alpha value is -1.06. The number of ether oxygens (including phenoxy) is 1. The first-order valence-corrected chi connectivity index (χ1v) is 7.67. The van der Waals surface area contributed by atoms with Crippen molar-refractivity contribution >= 4 is 22.6 Å². The number of nitrogens with zero attached hydrogens (tertiary/aromatic N) is 2. The van der Waals surface area contributed by atoms with E-state index in [0.29, 0.717) is 0 Å². The lowest BCUT2D eigenvalue weighted by atomic mass is 10.0. The Kier molecular flexibility index (Phi) is 3.51. The molecule has 0 N–H and O–H groups in total. The minimum atomic E-state index is -0.104. The van der Waals surface area contributed by atoms with Crippen LogP contribution in [0.2, 0.25) is 0 Å². The molecule has 4 heteroatoms. The van der Waals surface area contributed by atoms with Gasteiger partial charge in [0.2, 0.25) is 0 Å². The summed E-state index contributed by atoms with van der Waals surface area (Å²) in [4.78, 5) is 4.72. The van der Waals surface area contributed by atoms with Crippen LogP contribution in [0.4, 0.5) is 0 Å². The maximum absolute atomic E-state index is 6.33. The van der Waals surface area contributed by atoms with Crippen LogP contribution in [0.15, 0.2) is 18.2 Å². The topological polar surface area (TPSA) is 27.1 Å². The average molecular weight is 293 g/mol. The summed E-state index contributed by atoms with van der Waals surface area (Å²) in [7, 11) is 0. The number of fused-ring (bicyclic) bond motifs is 1. The summed E-state index contributed by atoms with van der Waals surface area (Å²) in [5.41, 5.74) is 3.29. The minimum absolute atomic E-state index is 0.0982. The number of halogens is 1. The monoisotopic (exact) mass is 292 g/mol. The van der Waals surface area contributed by atoms with Crippen molar-refractivity contribution in [3.63, 3.8) is 0 Å². The van der Waals surface area contributed by atoms with Gasteiger partial charge in [-0.05, 0) is 51.3 Å². The highest BCUT2D eigenvalue weighted by atomic mass is 35.5. The zero-order valence-corrected chi connectivity index (χ0v) is 13.1. The molecule has 0 bridgehead atoms. The number of hydrogen-bond acceptors (Lipinski definition) is 2. The molecule has 1 aromatic carbocycles. The lowest BCUT2D eigenvalue weighted by molar-refractivity contribution is 0.00649. The second kappa shape index (κ2) is 5.05. The Morgan fingerprint density at radius 2 is 2.30 bits per heavy atom. The fourth-order valence-electron chi connectivity index (χ4n) is 3.02. The number of alkyl halides is 1. The first-order valence-electron chi connectivity index (χ1n) is 7.23. The molecule has 2 heterocycles. The van der Waals surface area contributed by atoms with Gasteiger partial charge in [0, 0.05) is 6.61 Å². The number of rotatable bonds is 3. The second-order valence-electron chi connectivity index (χ2n) is 6.07. The molecule has 108 valence electrons. The van der Waals surface area contributed by atoms with Crippen molar-refractivity contribution in [1.29, 1.82) is 0 Å². The van der Waals surface area contributed by atoms with Crippen LogP contribution in [0.1, 0.15) is 43.5 Å². The molecular formula is C16H21ClN2O. The highest BCUT2D eigenvalue weighted by Gasteiger charge is 2.32. The van der Waals surface area contributed by atoms with Gasteiger partial charge in [-0.15, -0.1) is 11.6 Å². The van der Waals surface area contributed by atoms with E-state index in [0.717, 1.165) is 42.9 Å². The predicted molar refractivity (Wildman–Crippen MR) is 82.3 cm³/mol. The van der Waals surface area contributed by atoms with E-state index in [2.05, 4.69) is 36.6 Å². The van der Waals surface area contributed by atoms with E-state index in [4.69, 9.17) is 21.3 Å². The van der Waals surface area contributed by atoms with Crippen LogP contribution in [0, 0.1) is 6.92 Å². The van der Waals surface area contributed by atoms with E-state index in [-0.39, 0.29) is 11.0 Å². The van der Waals surface area contributed by atoms with E-state index in [1.54, 1.807) is 0 Å². The molecule has 1 aliphatic rings. The summed E-state index contributed by atoms with van der Waals surface area (Å²) in [5, 5.41) is -0.104. The van der Waals surface area contributed by atoms with Gasteiger partial charge in [-0.25, -0.2) is 4.98 Å². The zero-order chi connectivity index (χ0) is 14.3. The van der Waals surface area contributed by atoms with Crippen LogP contribution in [-0.2, 0) is 11.3 Å². The number of aryl methyl sites for hydroxylation is 1. The van der Waals surface area contributed by atoms with E-state index < -0.39 is 0 Å². The van der Waals surface area contributed by atoms with Crippen molar-refractivity contribution in [3.8, 4) is 0 Å². The average Bonchev–Trinajstić information content (AvgIpc) is 2.94.